The molecule has 0 amide bonds. The fourth-order valence-electron chi connectivity index (χ4n) is 0.819. The van der Waals surface area contributed by atoms with E-state index in [0.717, 1.165) is 6.54 Å². The van der Waals surface area contributed by atoms with Crippen molar-refractivity contribution in [1.29, 1.82) is 0 Å². The Balaban J connectivity index is 2.54. The van der Waals surface area contributed by atoms with Gasteiger partial charge in [0.15, 0.2) is 0 Å². The van der Waals surface area contributed by atoms with Crippen LogP contribution in [-0.2, 0) is 0 Å². The second-order valence-corrected chi connectivity index (χ2v) is 5.14. The molecular formula is C9H15N3OS. The average molecular weight is 213 g/mol. The number of hydrogen-bond donors (Lipinski definition) is 2. The third kappa shape index (κ3) is 3.41. The number of rotatable bonds is 4. The van der Waals surface area contributed by atoms with Crippen LogP contribution in [0.5, 0.6) is 0 Å². The molecule has 0 fully saturated rings. The molecule has 2 N–H and O–H groups in total. The van der Waals surface area contributed by atoms with Gasteiger partial charge in [0.1, 0.15) is 5.82 Å². The van der Waals surface area contributed by atoms with Crippen molar-refractivity contribution in [2.75, 3.05) is 18.1 Å². The van der Waals surface area contributed by atoms with Crippen LogP contribution in [0.25, 0.3) is 0 Å². The second kappa shape index (κ2) is 4.50. The summed E-state index contributed by atoms with van der Waals surface area (Å²) >= 11 is 1.79. The Kier molecular flexibility index (Phi) is 3.57. The molecule has 0 saturated carbocycles. The lowest BCUT2D eigenvalue weighted by Crippen LogP contribution is -2.26. The Labute approximate surface area is 87.5 Å². The number of aromatic amines is 1. The van der Waals surface area contributed by atoms with Crippen molar-refractivity contribution in [3.8, 4) is 0 Å². The fourth-order valence-corrected chi connectivity index (χ4v) is 1.04. The van der Waals surface area contributed by atoms with E-state index in [0.29, 0.717) is 5.82 Å². The zero-order valence-electron chi connectivity index (χ0n) is 8.63. The number of thioether (sulfide) groups is 1. The van der Waals surface area contributed by atoms with Crippen LogP contribution in [0.15, 0.2) is 16.9 Å². The van der Waals surface area contributed by atoms with Gasteiger partial charge in [-0.1, -0.05) is 0 Å². The highest BCUT2D eigenvalue weighted by molar-refractivity contribution is 7.99. The minimum Gasteiger partial charge on any atom is -0.367 e. The van der Waals surface area contributed by atoms with Crippen molar-refractivity contribution in [3.63, 3.8) is 0 Å². The summed E-state index contributed by atoms with van der Waals surface area (Å²) in [5.41, 5.74) is -0.181. The van der Waals surface area contributed by atoms with Gasteiger partial charge in [0.25, 0.3) is 5.56 Å². The molecule has 0 bridgehead atoms. The van der Waals surface area contributed by atoms with Crippen LogP contribution in [0.4, 0.5) is 5.82 Å². The van der Waals surface area contributed by atoms with E-state index < -0.39 is 0 Å². The van der Waals surface area contributed by atoms with Crippen LogP contribution < -0.4 is 10.9 Å². The molecule has 0 unspecified atom stereocenters. The van der Waals surface area contributed by atoms with E-state index in [1.165, 1.54) is 6.07 Å². The summed E-state index contributed by atoms with van der Waals surface area (Å²) in [6.07, 6.45) is 2.07. The van der Waals surface area contributed by atoms with Gasteiger partial charge in [0.05, 0.1) is 0 Å². The highest BCUT2D eigenvalue weighted by atomic mass is 32.2. The molecule has 0 aromatic carbocycles. The topological polar surface area (TPSA) is 57.8 Å². The van der Waals surface area contributed by atoms with Gasteiger partial charge in [-0.15, -0.1) is 0 Å². The Morgan fingerprint density at radius 1 is 1.57 bits per heavy atom. The molecule has 4 nitrogen and oxygen atoms in total. The second-order valence-electron chi connectivity index (χ2n) is 3.62. The Hall–Kier alpha value is -0.970. The number of aromatic nitrogens is 2. The lowest BCUT2D eigenvalue weighted by Gasteiger charge is -2.22. The van der Waals surface area contributed by atoms with E-state index in [1.807, 2.05) is 0 Å². The highest BCUT2D eigenvalue weighted by Crippen LogP contribution is 2.20. The van der Waals surface area contributed by atoms with Gasteiger partial charge in [0.2, 0.25) is 0 Å². The first kappa shape index (κ1) is 11.1. The number of hydrogen-bond acceptors (Lipinski definition) is 4. The summed E-state index contributed by atoms with van der Waals surface area (Å²) in [4.78, 5) is 10.7. The third-order valence-corrected chi connectivity index (χ3v) is 3.18. The minimum absolute atomic E-state index is 0.165. The lowest BCUT2D eigenvalue weighted by molar-refractivity contribution is 0.747. The largest absolute Gasteiger partial charge is 0.367 e. The zero-order valence-corrected chi connectivity index (χ0v) is 9.44. The normalized spacial score (nSPS) is 11.4. The molecule has 0 aliphatic heterocycles. The van der Waals surface area contributed by atoms with Crippen molar-refractivity contribution in [2.45, 2.75) is 18.6 Å². The third-order valence-electron chi connectivity index (χ3n) is 1.93. The van der Waals surface area contributed by atoms with Gasteiger partial charge in [-0.2, -0.15) is 16.9 Å². The molecule has 0 spiro atoms. The fraction of sp³-hybridized carbons (Fsp3) is 0.556. The van der Waals surface area contributed by atoms with Crippen LogP contribution >= 0.6 is 11.8 Å². The number of anilines is 1. The summed E-state index contributed by atoms with van der Waals surface area (Å²) in [5, 5.41) is 9.40. The first-order valence-electron chi connectivity index (χ1n) is 4.38. The van der Waals surface area contributed by atoms with Crippen molar-refractivity contribution in [3.05, 3.63) is 22.5 Å². The molecule has 5 heteroatoms. The van der Waals surface area contributed by atoms with E-state index in [2.05, 4.69) is 35.6 Å². The highest BCUT2D eigenvalue weighted by Gasteiger charge is 2.15. The van der Waals surface area contributed by atoms with Crippen molar-refractivity contribution < 1.29 is 0 Å². The van der Waals surface area contributed by atoms with Gasteiger partial charge in [0, 0.05) is 17.4 Å². The smallest absolute Gasteiger partial charge is 0.264 e. The zero-order chi connectivity index (χ0) is 10.6. The number of nitrogens with one attached hydrogen (secondary N) is 2. The maximum atomic E-state index is 10.7. The summed E-state index contributed by atoms with van der Waals surface area (Å²) in [6, 6.07) is 3.14. The van der Waals surface area contributed by atoms with Gasteiger partial charge >= 0.3 is 0 Å². The summed E-state index contributed by atoms with van der Waals surface area (Å²) in [5.74, 6) is 0.701. The Bertz CT molecular complexity index is 328. The molecule has 14 heavy (non-hydrogen) atoms. The molecule has 0 atom stereocenters. The Morgan fingerprint density at radius 2 is 2.29 bits per heavy atom. The molecule has 1 rings (SSSR count). The van der Waals surface area contributed by atoms with Crippen molar-refractivity contribution in [2.24, 2.45) is 0 Å². The molecule has 0 aliphatic carbocycles. The van der Waals surface area contributed by atoms with E-state index in [4.69, 9.17) is 0 Å². The predicted molar refractivity (Wildman–Crippen MR) is 60.9 cm³/mol. The first-order valence-corrected chi connectivity index (χ1v) is 5.61. The maximum Gasteiger partial charge on any atom is 0.264 e. The molecular weight excluding hydrogens is 198 g/mol. The molecule has 0 aliphatic rings. The predicted octanol–water partition coefficient (Wildman–Crippen LogP) is 1.32. The van der Waals surface area contributed by atoms with Crippen LogP contribution in [-0.4, -0.2) is 27.7 Å². The Morgan fingerprint density at radius 3 is 2.79 bits per heavy atom. The minimum atomic E-state index is -0.181. The number of nitrogens with zero attached hydrogens (tertiary/aromatic N) is 1. The molecule has 0 saturated heterocycles. The summed E-state index contributed by atoms with van der Waals surface area (Å²) in [7, 11) is 0. The monoisotopic (exact) mass is 213 g/mol. The van der Waals surface area contributed by atoms with Crippen molar-refractivity contribution >= 4 is 17.6 Å². The van der Waals surface area contributed by atoms with Gasteiger partial charge in [-0.3, -0.25) is 4.79 Å². The maximum absolute atomic E-state index is 10.7. The SMILES string of the molecule is CSC(C)(C)CNc1ccc(=O)[nH]n1. The lowest BCUT2D eigenvalue weighted by atomic mass is 10.2. The number of H-pyrrole nitrogens is 1. The van der Waals surface area contributed by atoms with Crippen molar-refractivity contribution in [1.82, 2.24) is 10.2 Å². The molecule has 78 valence electrons. The molecule has 1 aromatic rings. The van der Waals surface area contributed by atoms with Crippen LogP contribution in [0.1, 0.15) is 13.8 Å². The summed E-state index contributed by atoms with van der Waals surface area (Å²) in [6.45, 7) is 5.11. The van der Waals surface area contributed by atoms with E-state index in [1.54, 1.807) is 17.8 Å². The van der Waals surface area contributed by atoms with Crippen LogP contribution in [0.3, 0.4) is 0 Å². The summed E-state index contributed by atoms with van der Waals surface area (Å²) < 4.78 is 0.165. The van der Waals surface area contributed by atoms with Gasteiger partial charge < -0.3 is 5.32 Å². The van der Waals surface area contributed by atoms with E-state index in [9.17, 15) is 4.79 Å². The molecule has 1 heterocycles. The molecule has 1 aromatic heterocycles. The van der Waals surface area contributed by atoms with Gasteiger partial charge in [-0.05, 0) is 26.2 Å². The van der Waals surface area contributed by atoms with E-state index >= 15 is 0 Å². The first-order chi connectivity index (χ1) is 6.53. The van der Waals surface area contributed by atoms with Crippen LogP contribution in [0, 0.1) is 0 Å². The average Bonchev–Trinajstić information content (AvgIpc) is 2.17. The van der Waals surface area contributed by atoms with Gasteiger partial charge in [-0.25, -0.2) is 5.10 Å². The standard InChI is InChI=1S/C9H15N3OS/c1-9(2,14-3)6-10-7-4-5-8(13)12-11-7/h4-5H,6H2,1-3H3,(H,10,11)(H,12,13). The van der Waals surface area contributed by atoms with Crippen LogP contribution in [0.2, 0.25) is 0 Å². The quantitative estimate of drug-likeness (QED) is 0.792. The molecule has 0 radical (unpaired) electrons. The van der Waals surface area contributed by atoms with E-state index in [-0.39, 0.29) is 10.3 Å².